The van der Waals surface area contributed by atoms with Gasteiger partial charge < -0.3 is 4.57 Å². The Bertz CT molecular complexity index is 1850. The smallest absolute Gasteiger partial charge is 0.232 e. The predicted molar refractivity (Wildman–Crippen MR) is 137 cm³/mol. The fourth-order valence-corrected chi connectivity index (χ4v) is 4.55. The Morgan fingerprint density at radius 1 is 0.639 bits per heavy atom. The van der Waals surface area contributed by atoms with E-state index in [2.05, 4.69) is 73.9 Å². The molecule has 168 valence electrons. The van der Waals surface area contributed by atoms with E-state index >= 15 is 0 Å². The van der Waals surface area contributed by atoms with Crippen LogP contribution in [-0.2, 0) is 0 Å². The van der Waals surface area contributed by atoms with Crippen LogP contribution in [0.15, 0.2) is 85.5 Å². The summed E-state index contributed by atoms with van der Waals surface area (Å²) in [6, 6.07) is 24.9. The molecule has 3 aromatic heterocycles. The standard InChI is InChI=1S/C29H17N7/c1-18-6-8-27-24(10-18)22-4-2-3-5-25(22)36(27)26-9-7-19(20-14-32-28(12-30)33-15-20)11-23(26)21-16-34-29(13-31)35-17-21/h2-11,14-17H,1H3. The van der Waals surface area contributed by atoms with Crippen molar-refractivity contribution in [3.05, 3.63) is 103 Å². The molecule has 0 aliphatic heterocycles. The van der Waals surface area contributed by atoms with Gasteiger partial charge in [0.15, 0.2) is 0 Å². The topological polar surface area (TPSA) is 104 Å². The fourth-order valence-electron chi connectivity index (χ4n) is 4.55. The maximum absolute atomic E-state index is 9.18. The molecule has 0 fully saturated rings. The number of rotatable bonds is 3. The highest BCUT2D eigenvalue weighted by molar-refractivity contribution is 6.10. The molecule has 0 aliphatic carbocycles. The van der Waals surface area contributed by atoms with Crippen LogP contribution in [0, 0.1) is 29.6 Å². The first-order chi connectivity index (χ1) is 17.7. The average molecular weight is 464 g/mol. The first-order valence-corrected chi connectivity index (χ1v) is 11.3. The van der Waals surface area contributed by atoms with E-state index in [4.69, 9.17) is 5.26 Å². The summed E-state index contributed by atoms with van der Waals surface area (Å²) >= 11 is 0. The minimum atomic E-state index is 0.115. The number of hydrogen-bond donors (Lipinski definition) is 0. The SMILES string of the molecule is Cc1ccc2c(c1)c1ccccc1n2-c1ccc(-c2cnc(C#N)nc2)cc1-c1cnc(C#N)nc1. The third-order valence-electron chi connectivity index (χ3n) is 6.21. The second-order valence-electron chi connectivity index (χ2n) is 8.42. The lowest BCUT2D eigenvalue weighted by molar-refractivity contribution is 1.11. The van der Waals surface area contributed by atoms with Crippen molar-refractivity contribution in [2.75, 3.05) is 0 Å². The van der Waals surface area contributed by atoms with Crippen LogP contribution in [0.1, 0.15) is 17.2 Å². The van der Waals surface area contributed by atoms with Crippen molar-refractivity contribution >= 4 is 21.8 Å². The normalized spacial score (nSPS) is 10.9. The number of nitrogens with zero attached hydrogens (tertiary/aromatic N) is 7. The zero-order valence-electron chi connectivity index (χ0n) is 19.2. The zero-order chi connectivity index (χ0) is 24.6. The van der Waals surface area contributed by atoms with Crippen molar-refractivity contribution in [3.8, 4) is 40.1 Å². The summed E-state index contributed by atoms with van der Waals surface area (Å²) in [7, 11) is 0. The second kappa shape index (κ2) is 8.43. The van der Waals surface area contributed by atoms with Gasteiger partial charge in [-0.05, 0) is 42.8 Å². The van der Waals surface area contributed by atoms with Crippen molar-refractivity contribution in [2.45, 2.75) is 6.92 Å². The molecular weight excluding hydrogens is 446 g/mol. The minimum Gasteiger partial charge on any atom is -0.309 e. The van der Waals surface area contributed by atoms with Crippen molar-refractivity contribution in [2.24, 2.45) is 0 Å². The molecule has 0 N–H and O–H groups in total. The highest BCUT2D eigenvalue weighted by Crippen LogP contribution is 2.38. The van der Waals surface area contributed by atoms with E-state index in [9.17, 15) is 5.26 Å². The Morgan fingerprint density at radius 3 is 1.97 bits per heavy atom. The molecule has 0 amide bonds. The second-order valence-corrected chi connectivity index (χ2v) is 8.42. The summed E-state index contributed by atoms with van der Waals surface area (Å²) < 4.78 is 2.25. The molecule has 3 heterocycles. The number of para-hydroxylation sites is 1. The van der Waals surface area contributed by atoms with Crippen molar-refractivity contribution in [1.82, 2.24) is 24.5 Å². The molecule has 0 saturated carbocycles. The molecule has 0 atom stereocenters. The zero-order valence-corrected chi connectivity index (χ0v) is 19.2. The quantitative estimate of drug-likeness (QED) is 0.331. The molecule has 6 rings (SSSR count). The number of benzene rings is 3. The van der Waals surface area contributed by atoms with Gasteiger partial charge in [-0.1, -0.05) is 35.9 Å². The summed E-state index contributed by atoms with van der Waals surface area (Å²) in [4.78, 5) is 16.7. The van der Waals surface area contributed by atoms with Crippen LogP contribution in [0.25, 0.3) is 49.7 Å². The van der Waals surface area contributed by atoms with Crippen LogP contribution >= 0.6 is 0 Å². The van der Waals surface area contributed by atoms with Crippen molar-refractivity contribution < 1.29 is 0 Å². The van der Waals surface area contributed by atoms with E-state index in [0.717, 1.165) is 39.0 Å². The lowest BCUT2D eigenvalue weighted by atomic mass is 10.00. The molecule has 0 bridgehead atoms. The number of aromatic nitrogens is 5. The molecule has 7 nitrogen and oxygen atoms in total. The molecule has 0 unspecified atom stereocenters. The number of hydrogen-bond acceptors (Lipinski definition) is 6. The first kappa shape index (κ1) is 21.2. The lowest BCUT2D eigenvalue weighted by Crippen LogP contribution is -1.99. The van der Waals surface area contributed by atoms with Crippen LogP contribution in [-0.4, -0.2) is 24.5 Å². The predicted octanol–water partition coefficient (Wildman–Crippen LogP) is 5.75. The number of fused-ring (bicyclic) bond motifs is 3. The summed E-state index contributed by atoms with van der Waals surface area (Å²) in [5.74, 6) is 0.237. The summed E-state index contributed by atoms with van der Waals surface area (Å²) in [5.41, 5.74) is 7.67. The van der Waals surface area contributed by atoms with Gasteiger partial charge in [-0.2, -0.15) is 10.5 Å². The lowest BCUT2D eigenvalue weighted by Gasteiger charge is -2.15. The number of aryl methyl sites for hydroxylation is 1. The monoisotopic (exact) mass is 463 g/mol. The molecule has 0 saturated heterocycles. The van der Waals surface area contributed by atoms with Gasteiger partial charge in [0.05, 0.1) is 16.7 Å². The van der Waals surface area contributed by atoms with Gasteiger partial charge in [0.2, 0.25) is 11.6 Å². The summed E-state index contributed by atoms with van der Waals surface area (Å²) in [5, 5.41) is 20.6. The van der Waals surface area contributed by atoms with Gasteiger partial charge in [0.25, 0.3) is 0 Å². The largest absolute Gasteiger partial charge is 0.309 e. The maximum atomic E-state index is 9.18. The summed E-state index contributed by atoms with van der Waals surface area (Å²) in [6.07, 6.45) is 6.62. The van der Waals surface area contributed by atoms with Gasteiger partial charge in [-0.3, -0.25) is 0 Å². The highest BCUT2D eigenvalue weighted by atomic mass is 15.0. The van der Waals surface area contributed by atoms with Crippen LogP contribution in [0.4, 0.5) is 0 Å². The highest BCUT2D eigenvalue weighted by Gasteiger charge is 2.17. The first-order valence-electron chi connectivity index (χ1n) is 11.3. The molecule has 0 radical (unpaired) electrons. The van der Waals surface area contributed by atoms with E-state index in [1.807, 2.05) is 30.3 Å². The third kappa shape index (κ3) is 3.44. The Balaban J connectivity index is 1.65. The Morgan fingerprint density at radius 2 is 1.28 bits per heavy atom. The Hall–Kier alpha value is -5.40. The van der Waals surface area contributed by atoms with Gasteiger partial charge in [0, 0.05) is 52.3 Å². The molecule has 3 aromatic carbocycles. The van der Waals surface area contributed by atoms with Gasteiger partial charge in [-0.15, -0.1) is 0 Å². The molecule has 0 aliphatic rings. The van der Waals surface area contributed by atoms with Crippen LogP contribution in [0.5, 0.6) is 0 Å². The van der Waals surface area contributed by atoms with Crippen LogP contribution in [0.2, 0.25) is 0 Å². The molecule has 0 spiro atoms. The third-order valence-corrected chi connectivity index (χ3v) is 6.21. The maximum Gasteiger partial charge on any atom is 0.232 e. The fraction of sp³-hybridized carbons (Fsp3) is 0.0345. The van der Waals surface area contributed by atoms with Crippen molar-refractivity contribution in [3.63, 3.8) is 0 Å². The van der Waals surface area contributed by atoms with E-state index in [-0.39, 0.29) is 11.6 Å². The minimum absolute atomic E-state index is 0.115. The van der Waals surface area contributed by atoms with Gasteiger partial charge in [0.1, 0.15) is 12.1 Å². The van der Waals surface area contributed by atoms with Gasteiger partial charge >= 0.3 is 0 Å². The van der Waals surface area contributed by atoms with Crippen LogP contribution < -0.4 is 0 Å². The summed E-state index contributed by atoms with van der Waals surface area (Å²) in [6.45, 7) is 2.10. The number of nitriles is 2. The van der Waals surface area contributed by atoms with E-state index in [1.54, 1.807) is 24.8 Å². The van der Waals surface area contributed by atoms with Crippen molar-refractivity contribution in [1.29, 1.82) is 10.5 Å². The molecule has 6 aromatic rings. The van der Waals surface area contributed by atoms with E-state index in [0.29, 0.717) is 0 Å². The Labute approximate surface area is 206 Å². The van der Waals surface area contributed by atoms with E-state index in [1.165, 1.54) is 16.3 Å². The molecule has 7 heteroatoms. The van der Waals surface area contributed by atoms with Crippen LogP contribution in [0.3, 0.4) is 0 Å². The molecular formula is C29H17N7. The van der Waals surface area contributed by atoms with Gasteiger partial charge in [-0.25, -0.2) is 19.9 Å². The Kier molecular flexibility index (Phi) is 4.95. The van der Waals surface area contributed by atoms with E-state index < -0.39 is 0 Å². The molecule has 36 heavy (non-hydrogen) atoms. The average Bonchev–Trinajstić information content (AvgIpc) is 3.26.